The summed E-state index contributed by atoms with van der Waals surface area (Å²) in [6.45, 7) is 3.22. The van der Waals surface area contributed by atoms with Crippen LogP contribution in [0.1, 0.15) is 37.8 Å². The van der Waals surface area contributed by atoms with Crippen LogP contribution in [0, 0.1) is 0 Å². The van der Waals surface area contributed by atoms with Gasteiger partial charge in [-0.2, -0.15) is 9.97 Å². The van der Waals surface area contributed by atoms with E-state index in [1.807, 2.05) is 30.3 Å². The van der Waals surface area contributed by atoms with E-state index in [4.69, 9.17) is 9.97 Å². The normalized spacial score (nSPS) is 25.6. The first-order valence-corrected chi connectivity index (χ1v) is 14.0. The Morgan fingerprint density at radius 3 is 2.62 bits per heavy atom. The lowest BCUT2D eigenvalue weighted by molar-refractivity contribution is -0.122. The summed E-state index contributed by atoms with van der Waals surface area (Å²) in [4.78, 5) is 30.8. The number of fused-ring (bicyclic) bond motifs is 1. The number of anilines is 2. The van der Waals surface area contributed by atoms with Crippen LogP contribution in [0.2, 0.25) is 0 Å². The van der Waals surface area contributed by atoms with E-state index in [9.17, 15) is 20.1 Å². The van der Waals surface area contributed by atoms with Crippen molar-refractivity contribution in [3.63, 3.8) is 0 Å². The van der Waals surface area contributed by atoms with Crippen LogP contribution < -0.4 is 15.5 Å². The fourth-order valence-corrected chi connectivity index (χ4v) is 5.72. The van der Waals surface area contributed by atoms with Crippen molar-refractivity contribution >= 4 is 28.8 Å². The number of amides is 1. The second-order valence-corrected chi connectivity index (χ2v) is 11.1. The molecular weight excluding hydrogens is 512 g/mol. The Hall–Kier alpha value is -3.32. The first-order valence-electron chi connectivity index (χ1n) is 14.0. The minimum Gasteiger partial charge on any atom is -0.394 e. The highest BCUT2D eigenvalue weighted by Crippen LogP contribution is 2.35. The molecule has 2 fully saturated rings. The van der Waals surface area contributed by atoms with Gasteiger partial charge in [0.2, 0.25) is 11.9 Å². The Kier molecular flexibility index (Phi) is 8.50. The minimum absolute atomic E-state index is 0.102. The Morgan fingerprint density at radius 1 is 1.18 bits per heavy atom. The number of imidazole rings is 1. The van der Waals surface area contributed by atoms with Gasteiger partial charge in [0.05, 0.1) is 31.1 Å². The SMILES string of the molecule is CCC(=O)N[C@H]1C[C@@H](n2cnc3c(N[C@@H](CO)Cc4ccccc4)nc(N4CC[C@@H](N(C)C)C4)nc32)[C@H](O)[C@@H]1O. The molecule has 1 aliphatic heterocycles. The fourth-order valence-electron chi connectivity index (χ4n) is 5.72. The van der Waals surface area contributed by atoms with Gasteiger partial charge >= 0.3 is 0 Å². The molecule has 5 rings (SSSR count). The highest BCUT2D eigenvalue weighted by atomic mass is 16.3. The Balaban J connectivity index is 1.50. The van der Waals surface area contributed by atoms with E-state index in [1.54, 1.807) is 17.8 Å². The van der Waals surface area contributed by atoms with Crippen molar-refractivity contribution < 1.29 is 20.1 Å². The number of aliphatic hydroxyl groups is 3. The van der Waals surface area contributed by atoms with Gasteiger partial charge in [-0.05, 0) is 38.9 Å². The van der Waals surface area contributed by atoms with Crippen LogP contribution in [-0.4, -0.2) is 110 Å². The Labute approximate surface area is 234 Å². The van der Waals surface area contributed by atoms with Gasteiger partial charge in [-0.1, -0.05) is 37.3 Å². The molecule has 1 saturated carbocycles. The molecule has 6 atom stereocenters. The minimum atomic E-state index is -1.11. The molecule has 3 heterocycles. The van der Waals surface area contributed by atoms with Gasteiger partial charge in [0.25, 0.3) is 0 Å². The lowest BCUT2D eigenvalue weighted by Gasteiger charge is -2.23. The molecule has 216 valence electrons. The number of hydrogen-bond donors (Lipinski definition) is 5. The van der Waals surface area contributed by atoms with Gasteiger partial charge in [0.1, 0.15) is 12.2 Å². The van der Waals surface area contributed by atoms with Crippen LogP contribution in [0.3, 0.4) is 0 Å². The van der Waals surface area contributed by atoms with Crippen molar-refractivity contribution in [2.45, 2.75) is 69.0 Å². The number of carbonyl (C=O) groups excluding carboxylic acids is 1. The van der Waals surface area contributed by atoms with E-state index in [0.29, 0.717) is 48.2 Å². The quantitative estimate of drug-likeness (QED) is 0.241. The second kappa shape index (κ2) is 12.0. The number of nitrogens with one attached hydrogen (secondary N) is 2. The van der Waals surface area contributed by atoms with Gasteiger partial charge in [0.15, 0.2) is 17.0 Å². The predicted octanol–water partition coefficient (Wildman–Crippen LogP) is 0.544. The van der Waals surface area contributed by atoms with Crippen molar-refractivity contribution in [2.24, 2.45) is 0 Å². The van der Waals surface area contributed by atoms with E-state index in [0.717, 1.165) is 25.1 Å². The highest BCUT2D eigenvalue weighted by molar-refractivity contribution is 5.85. The molecule has 40 heavy (non-hydrogen) atoms. The van der Waals surface area contributed by atoms with Crippen LogP contribution in [-0.2, 0) is 11.2 Å². The fraction of sp³-hybridized carbons (Fsp3) is 0.571. The highest BCUT2D eigenvalue weighted by Gasteiger charge is 2.44. The summed E-state index contributed by atoms with van der Waals surface area (Å²) in [5.74, 6) is 0.869. The molecule has 0 bridgehead atoms. The molecule has 3 aromatic rings. The summed E-state index contributed by atoms with van der Waals surface area (Å²) < 4.78 is 1.78. The standard InChI is InChI=1S/C28H40N8O4/c1-4-22(38)31-20-13-21(25(40)24(20)39)36-16-29-23-26(30-18(15-37)12-17-8-6-5-7-9-17)32-28(33-27(23)36)35-11-10-19(14-35)34(2)3/h5-9,16,18-21,24-25,37,39-40H,4,10-15H2,1-3H3,(H,31,38)(H,30,32,33)/t18-,19-,20+,21-,24-,25+/m1/s1. The molecule has 1 aromatic carbocycles. The first kappa shape index (κ1) is 28.2. The molecule has 12 nitrogen and oxygen atoms in total. The van der Waals surface area contributed by atoms with Crippen molar-refractivity contribution in [2.75, 3.05) is 44.0 Å². The average Bonchev–Trinajstić information content (AvgIpc) is 3.68. The third-order valence-corrected chi connectivity index (χ3v) is 8.15. The number of rotatable bonds is 10. The first-order chi connectivity index (χ1) is 19.3. The molecule has 1 amide bonds. The number of carbonyl (C=O) groups is 1. The third-order valence-electron chi connectivity index (χ3n) is 8.15. The van der Waals surface area contributed by atoms with E-state index < -0.39 is 24.3 Å². The number of aromatic nitrogens is 4. The maximum Gasteiger partial charge on any atom is 0.229 e. The van der Waals surface area contributed by atoms with Crippen molar-refractivity contribution in [1.29, 1.82) is 0 Å². The summed E-state index contributed by atoms with van der Waals surface area (Å²) in [5, 5.41) is 38.1. The van der Waals surface area contributed by atoms with Crippen LogP contribution in [0.4, 0.5) is 11.8 Å². The number of aliphatic hydroxyl groups excluding tert-OH is 3. The predicted molar refractivity (Wildman–Crippen MR) is 152 cm³/mol. The summed E-state index contributed by atoms with van der Waals surface area (Å²) >= 11 is 0. The molecule has 5 N–H and O–H groups in total. The van der Waals surface area contributed by atoms with Crippen molar-refractivity contribution in [3.8, 4) is 0 Å². The number of likely N-dealkylation sites (N-methyl/N-ethyl adjacent to an activating group) is 1. The van der Waals surface area contributed by atoms with Gasteiger partial charge in [-0.3, -0.25) is 4.79 Å². The molecule has 0 spiro atoms. The van der Waals surface area contributed by atoms with Gasteiger partial charge in [-0.25, -0.2) is 4.98 Å². The molecular formula is C28H40N8O4. The summed E-state index contributed by atoms with van der Waals surface area (Å²) in [6, 6.07) is 8.89. The molecule has 2 aliphatic rings. The summed E-state index contributed by atoms with van der Waals surface area (Å²) in [6.07, 6.45) is 1.59. The summed E-state index contributed by atoms with van der Waals surface area (Å²) in [7, 11) is 4.13. The lowest BCUT2D eigenvalue weighted by atomic mass is 10.1. The largest absolute Gasteiger partial charge is 0.394 e. The number of benzene rings is 1. The van der Waals surface area contributed by atoms with Crippen molar-refractivity contribution in [3.05, 3.63) is 42.2 Å². The zero-order valence-corrected chi connectivity index (χ0v) is 23.3. The molecule has 1 saturated heterocycles. The zero-order chi connectivity index (χ0) is 28.4. The van der Waals surface area contributed by atoms with Crippen LogP contribution in [0.15, 0.2) is 36.7 Å². The van der Waals surface area contributed by atoms with Crippen LogP contribution >= 0.6 is 0 Å². The van der Waals surface area contributed by atoms with Crippen LogP contribution in [0.5, 0.6) is 0 Å². The Bertz CT molecular complexity index is 1300. The third kappa shape index (κ3) is 5.75. The zero-order valence-electron chi connectivity index (χ0n) is 23.3. The monoisotopic (exact) mass is 552 g/mol. The number of nitrogens with zero attached hydrogens (tertiary/aromatic N) is 6. The maximum atomic E-state index is 12.0. The Morgan fingerprint density at radius 2 is 1.95 bits per heavy atom. The topological polar surface area (TPSA) is 152 Å². The smallest absolute Gasteiger partial charge is 0.229 e. The second-order valence-electron chi connectivity index (χ2n) is 11.1. The molecule has 12 heteroatoms. The molecule has 2 aromatic heterocycles. The maximum absolute atomic E-state index is 12.0. The molecule has 0 radical (unpaired) electrons. The lowest BCUT2D eigenvalue weighted by Crippen LogP contribution is -2.42. The number of hydrogen-bond acceptors (Lipinski definition) is 10. The molecule has 0 unspecified atom stereocenters. The van der Waals surface area contributed by atoms with E-state index in [2.05, 4.69) is 39.5 Å². The molecule has 1 aliphatic carbocycles. The van der Waals surface area contributed by atoms with Gasteiger partial charge < -0.3 is 40.3 Å². The van der Waals surface area contributed by atoms with Crippen molar-refractivity contribution in [1.82, 2.24) is 29.7 Å². The average molecular weight is 553 g/mol. The van der Waals surface area contributed by atoms with Crippen LogP contribution in [0.25, 0.3) is 11.2 Å². The van der Waals surface area contributed by atoms with E-state index in [-0.39, 0.29) is 18.6 Å². The summed E-state index contributed by atoms with van der Waals surface area (Å²) in [5.41, 5.74) is 2.12. The van der Waals surface area contributed by atoms with Gasteiger partial charge in [-0.15, -0.1) is 0 Å². The van der Waals surface area contributed by atoms with E-state index >= 15 is 0 Å². The van der Waals surface area contributed by atoms with Gasteiger partial charge in [0, 0.05) is 25.6 Å². The van der Waals surface area contributed by atoms with E-state index in [1.165, 1.54) is 0 Å².